The average molecular weight is 365 g/mol. The molecule has 0 aliphatic carbocycles. The van der Waals surface area contributed by atoms with Crippen LogP contribution in [0, 0.1) is 5.92 Å². The van der Waals surface area contributed by atoms with Crippen molar-refractivity contribution in [3.05, 3.63) is 0 Å². The number of aliphatic hydroxyl groups excluding tert-OH is 4. The van der Waals surface area contributed by atoms with Gasteiger partial charge >= 0.3 is 5.97 Å². The molecule has 0 aliphatic heterocycles. The van der Waals surface area contributed by atoms with Crippen LogP contribution < -0.4 is 0 Å². The van der Waals surface area contributed by atoms with Crippen LogP contribution in [0.3, 0.4) is 0 Å². The summed E-state index contributed by atoms with van der Waals surface area (Å²) in [5, 5.41) is 44.0. The van der Waals surface area contributed by atoms with Crippen molar-refractivity contribution in [1.82, 2.24) is 0 Å². The van der Waals surface area contributed by atoms with E-state index in [-0.39, 0.29) is 19.6 Å². The monoisotopic (exact) mass is 364 g/mol. The van der Waals surface area contributed by atoms with E-state index in [1.807, 2.05) is 0 Å². The van der Waals surface area contributed by atoms with E-state index in [0.29, 0.717) is 6.42 Å². The standard InChI is InChI=1S/C11H22O4.C8H18O2/c1-2-3-4-5-6-9(11(14)15)7-10(13)8-12;1-2-3-4-5-6-8(10)7-9/h9-10,12-13H,2-8H2,1H3,(H,14,15);8-10H,2-7H2,1H3. The Morgan fingerprint density at radius 1 is 0.760 bits per heavy atom. The summed E-state index contributed by atoms with van der Waals surface area (Å²) >= 11 is 0. The molecule has 5 N–H and O–H groups in total. The highest BCUT2D eigenvalue weighted by Gasteiger charge is 2.20. The number of unbranched alkanes of at least 4 members (excludes halogenated alkanes) is 6. The van der Waals surface area contributed by atoms with E-state index in [1.165, 1.54) is 19.3 Å². The number of carboxylic acid groups (broad SMARTS) is 1. The highest BCUT2D eigenvalue weighted by Crippen LogP contribution is 2.16. The molecule has 0 spiro atoms. The van der Waals surface area contributed by atoms with Crippen LogP contribution in [-0.2, 0) is 4.79 Å². The van der Waals surface area contributed by atoms with Gasteiger partial charge in [0.15, 0.2) is 0 Å². The second kappa shape index (κ2) is 19.6. The van der Waals surface area contributed by atoms with E-state index < -0.39 is 24.1 Å². The van der Waals surface area contributed by atoms with Crippen molar-refractivity contribution in [3.8, 4) is 0 Å². The van der Waals surface area contributed by atoms with Gasteiger partial charge in [-0.2, -0.15) is 0 Å². The summed E-state index contributed by atoms with van der Waals surface area (Å²) in [7, 11) is 0. The fourth-order valence-corrected chi connectivity index (χ4v) is 2.46. The first-order chi connectivity index (χ1) is 11.9. The normalized spacial score (nSPS) is 14.3. The lowest BCUT2D eigenvalue weighted by Crippen LogP contribution is -2.23. The van der Waals surface area contributed by atoms with Crippen LogP contribution in [-0.4, -0.2) is 56.9 Å². The molecule has 0 aromatic rings. The Kier molecular flexibility index (Phi) is 20.8. The summed E-state index contributed by atoms with van der Waals surface area (Å²) in [5.41, 5.74) is 0. The Bertz CT molecular complexity index is 285. The molecule has 25 heavy (non-hydrogen) atoms. The van der Waals surface area contributed by atoms with Crippen LogP contribution in [0.4, 0.5) is 0 Å². The molecule has 0 amide bonds. The lowest BCUT2D eigenvalue weighted by molar-refractivity contribution is -0.143. The molecule has 0 saturated carbocycles. The average Bonchev–Trinajstić information content (AvgIpc) is 2.61. The summed E-state index contributed by atoms with van der Waals surface area (Å²) in [4.78, 5) is 10.8. The van der Waals surface area contributed by atoms with Crippen molar-refractivity contribution < 1.29 is 30.3 Å². The Morgan fingerprint density at radius 3 is 1.64 bits per heavy atom. The first kappa shape index (κ1) is 26.5. The van der Waals surface area contributed by atoms with Gasteiger partial charge in [0.25, 0.3) is 0 Å². The molecule has 0 heterocycles. The van der Waals surface area contributed by atoms with E-state index in [2.05, 4.69) is 13.8 Å². The second-order valence-corrected chi connectivity index (χ2v) is 6.64. The quantitative estimate of drug-likeness (QED) is 0.285. The van der Waals surface area contributed by atoms with Gasteiger partial charge in [0.2, 0.25) is 0 Å². The van der Waals surface area contributed by atoms with Crippen molar-refractivity contribution in [1.29, 1.82) is 0 Å². The Morgan fingerprint density at radius 2 is 1.24 bits per heavy atom. The van der Waals surface area contributed by atoms with Gasteiger partial charge in [-0.25, -0.2) is 0 Å². The number of aliphatic hydroxyl groups is 4. The third-order valence-corrected chi connectivity index (χ3v) is 4.12. The number of aliphatic carboxylic acids is 1. The van der Waals surface area contributed by atoms with E-state index in [0.717, 1.165) is 38.5 Å². The van der Waals surface area contributed by atoms with Crippen molar-refractivity contribution in [2.75, 3.05) is 13.2 Å². The van der Waals surface area contributed by atoms with Gasteiger partial charge in [-0.3, -0.25) is 4.79 Å². The second-order valence-electron chi connectivity index (χ2n) is 6.64. The molecular formula is C19H40O6. The van der Waals surface area contributed by atoms with Crippen LogP contribution in [0.1, 0.15) is 84.5 Å². The SMILES string of the molecule is CCCCCCC(CC(O)CO)C(=O)O.CCCCCCC(O)CO. The van der Waals surface area contributed by atoms with Crippen LogP contribution in [0.2, 0.25) is 0 Å². The molecule has 0 aliphatic rings. The van der Waals surface area contributed by atoms with Gasteiger partial charge in [0.05, 0.1) is 31.3 Å². The van der Waals surface area contributed by atoms with Crippen LogP contribution in [0.5, 0.6) is 0 Å². The molecule has 0 saturated heterocycles. The molecular weight excluding hydrogens is 324 g/mol. The molecule has 0 aromatic carbocycles. The summed E-state index contributed by atoms with van der Waals surface area (Å²) in [6, 6.07) is 0. The summed E-state index contributed by atoms with van der Waals surface area (Å²) in [6.07, 6.45) is 8.91. The zero-order valence-corrected chi connectivity index (χ0v) is 16.1. The minimum absolute atomic E-state index is 0.0911. The smallest absolute Gasteiger partial charge is 0.306 e. The molecule has 3 unspecified atom stereocenters. The van der Waals surface area contributed by atoms with E-state index in [1.54, 1.807) is 0 Å². The van der Waals surface area contributed by atoms with Gasteiger partial charge in [-0.05, 0) is 19.3 Å². The zero-order valence-electron chi connectivity index (χ0n) is 16.1. The zero-order chi connectivity index (χ0) is 19.5. The lowest BCUT2D eigenvalue weighted by Gasteiger charge is -2.14. The molecule has 0 rings (SSSR count). The summed E-state index contributed by atoms with van der Waals surface area (Å²) in [6.45, 7) is 3.80. The third-order valence-electron chi connectivity index (χ3n) is 4.12. The molecule has 0 aromatic heterocycles. The van der Waals surface area contributed by atoms with E-state index in [4.69, 9.17) is 25.5 Å². The van der Waals surface area contributed by atoms with Gasteiger partial charge in [0.1, 0.15) is 0 Å². The lowest BCUT2D eigenvalue weighted by atomic mass is 9.95. The molecule has 6 nitrogen and oxygen atoms in total. The van der Waals surface area contributed by atoms with Crippen molar-refractivity contribution in [2.45, 2.75) is 96.7 Å². The number of hydrogen-bond acceptors (Lipinski definition) is 5. The third kappa shape index (κ3) is 19.5. The van der Waals surface area contributed by atoms with Crippen LogP contribution in [0.15, 0.2) is 0 Å². The number of hydrogen-bond donors (Lipinski definition) is 5. The number of rotatable bonds is 15. The van der Waals surface area contributed by atoms with Gasteiger partial charge in [-0.15, -0.1) is 0 Å². The maximum absolute atomic E-state index is 10.8. The summed E-state index contributed by atoms with van der Waals surface area (Å²) < 4.78 is 0. The maximum atomic E-state index is 10.8. The molecule has 152 valence electrons. The molecule has 3 atom stereocenters. The van der Waals surface area contributed by atoms with E-state index in [9.17, 15) is 4.79 Å². The number of carbonyl (C=O) groups is 1. The van der Waals surface area contributed by atoms with Gasteiger partial charge in [0, 0.05) is 0 Å². The minimum atomic E-state index is -0.905. The Labute approximate surface area is 152 Å². The van der Waals surface area contributed by atoms with Gasteiger partial charge in [-0.1, -0.05) is 65.2 Å². The highest BCUT2D eigenvalue weighted by atomic mass is 16.4. The predicted octanol–water partition coefficient (Wildman–Crippen LogP) is 2.71. The fourth-order valence-electron chi connectivity index (χ4n) is 2.46. The van der Waals surface area contributed by atoms with Gasteiger partial charge < -0.3 is 25.5 Å². The predicted molar refractivity (Wildman–Crippen MR) is 99.4 cm³/mol. The van der Waals surface area contributed by atoms with Crippen LogP contribution in [0.25, 0.3) is 0 Å². The molecule has 6 heteroatoms. The Hall–Kier alpha value is -0.690. The Balaban J connectivity index is 0. The van der Waals surface area contributed by atoms with Crippen LogP contribution >= 0.6 is 0 Å². The first-order valence-corrected chi connectivity index (χ1v) is 9.73. The maximum Gasteiger partial charge on any atom is 0.306 e. The van der Waals surface area contributed by atoms with E-state index >= 15 is 0 Å². The summed E-state index contributed by atoms with van der Waals surface area (Å²) in [5.74, 6) is -1.40. The fraction of sp³-hybridized carbons (Fsp3) is 0.947. The van der Waals surface area contributed by atoms with Crippen molar-refractivity contribution in [2.24, 2.45) is 5.92 Å². The van der Waals surface area contributed by atoms with Crippen molar-refractivity contribution in [3.63, 3.8) is 0 Å². The molecule has 0 fully saturated rings. The topological polar surface area (TPSA) is 118 Å². The largest absolute Gasteiger partial charge is 0.481 e. The molecule has 0 bridgehead atoms. The number of carboxylic acids is 1. The van der Waals surface area contributed by atoms with Crippen molar-refractivity contribution >= 4 is 5.97 Å². The first-order valence-electron chi connectivity index (χ1n) is 9.73. The minimum Gasteiger partial charge on any atom is -0.481 e. The highest BCUT2D eigenvalue weighted by molar-refractivity contribution is 5.69. The molecule has 0 radical (unpaired) electrons.